The van der Waals surface area contributed by atoms with Gasteiger partial charge in [-0.15, -0.1) is 11.3 Å². The molecule has 0 unspecified atom stereocenters. The predicted octanol–water partition coefficient (Wildman–Crippen LogP) is 4.57. The number of nitrogens with one attached hydrogen (secondary N) is 2. The average molecular weight is 389 g/mol. The summed E-state index contributed by atoms with van der Waals surface area (Å²) >= 11 is 1.55. The molecule has 140 valence electrons. The van der Waals surface area contributed by atoms with Crippen LogP contribution in [0.4, 0.5) is 5.69 Å². The highest BCUT2D eigenvalue weighted by atomic mass is 32.1. The Morgan fingerprint density at radius 3 is 2.57 bits per heavy atom. The first-order valence-corrected chi connectivity index (χ1v) is 9.79. The van der Waals surface area contributed by atoms with Gasteiger partial charge in [0.2, 0.25) is 0 Å². The van der Waals surface area contributed by atoms with E-state index < -0.39 is 11.8 Å². The van der Waals surface area contributed by atoms with Crippen LogP contribution in [0.1, 0.15) is 23.5 Å². The number of carbonyl (C=O) groups is 2. The first kappa shape index (κ1) is 18.1. The summed E-state index contributed by atoms with van der Waals surface area (Å²) in [5.41, 5.74) is 2.41. The topological polar surface area (TPSA) is 71.1 Å². The number of rotatable bonds is 3. The van der Waals surface area contributed by atoms with Gasteiger partial charge in [-0.05, 0) is 54.4 Å². The van der Waals surface area contributed by atoms with Gasteiger partial charge in [0.1, 0.15) is 0 Å². The standard InChI is InChI=1S/C22H19N3O2S/c1-13(16-8-7-15-5-3-4-6-17(15)11-16)23-21(26)22(27)25-18-9-10-19-20(12-18)28-14(2)24-19/h3-13H,1-2H3,(H,23,26)(H,25,27)/t13-/m1/s1. The number of thiazole rings is 1. The lowest BCUT2D eigenvalue weighted by Crippen LogP contribution is -2.36. The zero-order valence-electron chi connectivity index (χ0n) is 15.5. The summed E-state index contributed by atoms with van der Waals surface area (Å²) in [6, 6.07) is 19.2. The molecule has 4 aromatic rings. The largest absolute Gasteiger partial charge is 0.341 e. The number of anilines is 1. The van der Waals surface area contributed by atoms with E-state index in [-0.39, 0.29) is 6.04 Å². The molecule has 3 aromatic carbocycles. The third-order valence-corrected chi connectivity index (χ3v) is 5.51. The second-order valence-corrected chi connectivity index (χ2v) is 7.91. The lowest BCUT2D eigenvalue weighted by Gasteiger charge is -2.15. The Kier molecular flexibility index (Phi) is 4.79. The number of aromatic nitrogens is 1. The van der Waals surface area contributed by atoms with Crippen molar-refractivity contribution in [2.24, 2.45) is 0 Å². The third-order valence-electron chi connectivity index (χ3n) is 4.58. The number of aryl methyl sites for hydroxylation is 1. The highest BCUT2D eigenvalue weighted by Crippen LogP contribution is 2.25. The second-order valence-electron chi connectivity index (χ2n) is 6.67. The van der Waals surface area contributed by atoms with Crippen molar-refractivity contribution in [3.05, 3.63) is 71.2 Å². The van der Waals surface area contributed by atoms with Crippen molar-refractivity contribution >= 4 is 49.8 Å². The average Bonchev–Trinajstić information content (AvgIpc) is 3.06. The molecule has 0 spiro atoms. The fourth-order valence-corrected chi connectivity index (χ4v) is 3.99. The van der Waals surface area contributed by atoms with Crippen LogP contribution in [0.3, 0.4) is 0 Å². The minimum Gasteiger partial charge on any atom is -0.341 e. The van der Waals surface area contributed by atoms with Crippen molar-refractivity contribution in [2.45, 2.75) is 19.9 Å². The number of carbonyl (C=O) groups excluding carboxylic acids is 2. The molecule has 0 bridgehead atoms. The minimum atomic E-state index is -0.687. The normalized spacial score (nSPS) is 12.1. The van der Waals surface area contributed by atoms with E-state index >= 15 is 0 Å². The van der Waals surface area contributed by atoms with E-state index in [0.29, 0.717) is 5.69 Å². The molecule has 2 N–H and O–H groups in total. The minimum absolute atomic E-state index is 0.283. The number of hydrogen-bond acceptors (Lipinski definition) is 4. The molecule has 6 heteroatoms. The first-order valence-electron chi connectivity index (χ1n) is 8.97. The number of amides is 2. The molecule has 0 aliphatic heterocycles. The quantitative estimate of drug-likeness (QED) is 0.504. The Bertz CT molecular complexity index is 1200. The maximum Gasteiger partial charge on any atom is 0.313 e. The van der Waals surface area contributed by atoms with E-state index in [1.54, 1.807) is 17.4 Å². The zero-order valence-corrected chi connectivity index (χ0v) is 16.3. The fraction of sp³-hybridized carbons (Fsp3) is 0.136. The van der Waals surface area contributed by atoms with Gasteiger partial charge >= 0.3 is 11.8 Å². The van der Waals surface area contributed by atoms with Crippen molar-refractivity contribution in [3.63, 3.8) is 0 Å². The monoisotopic (exact) mass is 389 g/mol. The Labute approximate surface area is 166 Å². The van der Waals surface area contributed by atoms with E-state index in [4.69, 9.17) is 0 Å². The molecule has 2 amide bonds. The molecule has 0 radical (unpaired) electrons. The van der Waals surface area contributed by atoms with Gasteiger partial charge in [-0.1, -0.05) is 36.4 Å². The van der Waals surface area contributed by atoms with Crippen molar-refractivity contribution in [3.8, 4) is 0 Å². The van der Waals surface area contributed by atoms with Crippen molar-refractivity contribution in [2.75, 3.05) is 5.32 Å². The first-order chi connectivity index (χ1) is 13.5. The molecule has 0 saturated heterocycles. The van der Waals surface area contributed by atoms with Crippen LogP contribution >= 0.6 is 11.3 Å². The van der Waals surface area contributed by atoms with E-state index in [1.165, 1.54) is 0 Å². The molecule has 1 aromatic heterocycles. The Morgan fingerprint density at radius 2 is 1.75 bits per heavy atom. The molecule has 0 aliphatic carbocycles. The van der Waals surface area contributed by atoms with Crippen LogP contribution in [0.25, 0.3) is 21.0 Å². The predicted molar refractivity (Wildman–Crippen MR) is 113 cm³/mol. The van der Waals surface area contributed by atoms with E-state index in [0.717, 1.165) is 31.6 Å². The molecule has 4 rings (SSSR count). The molecule has 0 aliphatic rings. The Hall–Kier alpha value is -3.25. The van der Waals surface area contributed by atoms with Crippen LogP contribution < -0.4 is 10.6 Å². The van der Waals surface area contributed by atoms with Gasteiger partial charge in [-0.25, -0.2) is 4.98 Å². The fourth-order valence-electron chi connectivity index (χ4n) is 3.13. The Morgan fingerprint density at radius 1 is 0.964 bits per heavy atom. The highest BCUT2D eigenvalue weighted by Gasteiger charge is 2.18. The van der Waals surface area contributed by atoms with E-state index in [2.05, 4.69) is 15.6 Å². The molecule has 0 saturated carbocycles. The summed E-state index contributed by atoms with van der Waals surface area (Å²) in [5.74, 6) is -1.35. The SMILES string of the molecule is Cc1nc2ccc(NC(=O)C(=O)N[C@H](C)c3ccc4ccccc4c3)cc2s1. The highest BCUT2D eigenvalue weighted by molar-refractivity contribution is 7.18. The number of nitrogens with zero attached hydrogens (tertiary/aromatic N) is 1. The van der Waals surface area contributed by atoms with Crippen LogP contribution in [0.2, 0.25) is 0 Å². The molecular weight excluding hydrogens is 370 g/mol. The number of fused-ring (bicyclic) bond motifs is 2. The summed E-state index contributed by atoms with van der Waals surface area (Å²) in [7, 11) is 0. The van der Waals surface area contributed by atoms with Gasteiger partial charge in [0.15, 0.2) is 0 Å². The van der Waals surface area contributed by atoms with Gasteiger partial charge in [-0.2, -0.15) is 0 Å². The maximum atomic E-state index is 12.3. The lowest BCUT2D eigenvalue weighted by molar-refractivity contribution is -0.136. The summed E-state index contributed by atoms with van der Waals surface area (Å²) in [5, 5.41) is 8.61. The maximum absolute atomic E-state index is 12.3. The smallest absolute Gasteiger partial charge is 0.313 e. The van der Waals surface area contributed by atoms with Crippen molar-refractivity contribution in [1.82, 2.24) is 10.3 Å². The second kappa shape index (κ2) is 7.40. The zero-order chi connectivity index (χ0) is 19.7. The molecule has 1 heterocycles. The van der Waals surface area contributed by atoms with Gasteiger partial charge in [0.05, 0.1) is 21.3 Å². The van der Waals surface area contributed by atoms with Gasteiger partial charge < -0.3 is 10.6 Å². The molecule has 0 fully saturated rings. The van der Waals surface area contributed by atoms with Crippen molar-refractivity contribution in [1.29, 1.82) is 0 Å². The molecule has 1 atom stereocenters. The van der Waals surface area contributed by atoms with Gasteiger partial charge in [0.25, 0.3) is 0 Å². The van der Waals surface area contributed by atoms with Crippen LogP contribution in [-0.4, -0.2) is 16.8 Å². The Balaban J connectivity index is 1.44. The summed E-state index contributed by atoms with van der Waals surface area (Å²) < 4.78 is 0.972. The van der Waals surface area contributed by atoms with Crippen LogP contribution in [0, 0.1) is 6.92 Å². The number of hydrogen-bond donors (Lipinski definition) is 2. The van der Waals surface area contributed by atoms with Crippen LogP contribution in [0.15, 0.2) is 60.7 Å². The van der Waals surface area contributed by atoms with Crippen molar-refractivity contribution < 1.29 is 9.59 Å². The van der Waals surface area contributed by atoms with Gasteiger partial charge in [0, 0.05) is 5.69 Å². The lowest BCUT2D eigenvalue weighted by atomic mass is 10.0. The van der Waals surface area contributed by atoms with E-state index in [9.17, 15) is 9.59 Å². The molecule has 28 heavy (non-hydrogen) atoms. The van der Waals surface area contributed by atoms with Crippen LogP contribution in [-0.2, 0) is 9.59 Å². The van der Waals surface area contributed by atoms with Crippen LogP contribution in [0.5, 0.6) is 0 Å². The molecule has 5 nitrogen and oxygen atoms in total. The summed E-state index contributed by atoms with van der Waals surface area (Å²) in [6.45, 7) is 3.80. The van der Waals surface area contributed by atoms with E-state index in [1.807, 2.05) is 68.4 Å². The molecular formula is C22H19N3O2S. The summed E-state index contributed by atoms with van der Waals surface area (Å²) in [6.07, 6.45) is 0. The summed E-state index contributed by atoms with van der Waals surface area (Å²) in [4.78, 5) is 29.0. The van der Waals surface area contributed by atoms with Gasteiger partial charge in [-0.3, -0.25) is 9.59 Å². The number of benzene rings is 3. The third kappa shape index (κ3) is 3.73.